The highest BCUT2D eigenvalue weighted by atomic mass is 19.4. The molecule has 2 heterocycles. The number of pyridine rings is 2. The van der Waals surface area contributed by atoms with E-state index in [0.29, 0.717) is 11.4 Å². The lowest BCUT2D eigenvalue weighted by atomic mass is 9.92. The van der Waals surface area contributed by atoms with Crippen molar-refractivity contribution in [1.29, 1.82) is 0 Å². The zero-order valence-electron chi connectivity index (χ0n) is 16.5. The molecule has 0 bridgehead atoms. The minimum Gasteiger partial charge on any atom is -0.359 e. The first-order valence-electron chi connectivity index (χ1n) is 9.54. The van der Waals surface area contributed by atoms with Gasteiger partial charge in [0.05, 0.1) is 17.1 Å². The van der Waals surface area contributed by atoms with E-state index in [4.69, 9.17) is 0 Å². The Labute approximate surface area is 172 Å². The van der Waals surface area contributed by atoms with Crippen molar-refractivity contribution in [2.24, 2.45) is 0 Å². The van der Waals surface area contributed by atoms with Gasteiger partial charge in [0.25, 0.3) is 0 Å². The number of benzene rings is 2. The summed E-state index contributed by atoms with van der Waals surface area (Å²) in [7, 11) is 0. The lowest BCUT2D eigenvalue weighted by molar-refractivity contribution is -0.137. The number of halogens is 3. The molecule has 2 aromatic heterocycles. The van der Waals surface area contributed by atoms with Crippen molar-refractivity contribution in [3.05, 3.63) is 101 Å². The number of hydrogen-bond donors (Lipinski definition) is 1. The van der Waals surface area contributed by atoms with Gasteiger partial charge in [-0.15, -0.1) is 0 Å². The van der Waals surface area contributed by atoms with Crippen molar-refractivity contribution in [3.8, 4) is 0 Å². The smallest absolute Gasteiger partial charge is 0.359 e. The zero-order valence-corrected chi connectivity index (χ0v) is 16.5. The second-order valence-corrected chi connectivity index (χ2v) is 7.22. The van der Waals surface area contributed by atoms with Crippen molar-refractivity contribution in [1.82, 2.24) is 9.97 Å². The van der Waals surface area contributed by atoms with E-state index in [2.05, 4.69) is 15.3 Å². The molecule has 0 radical (unpaired) electrons. The van der Waals surface area contributed by atoms with E-state index in [1.54, 1.807) is 6.20 Å². The van der Waals surface area contributed by atoms with Crippen molar-refractivity contribution >= 4 is 16.7 Å². The molecule has 152 valence electrons. The van der Waals surface area contributed by atoms with Crippen molar-refractivity contribution in [2.45, 2.75) is 26.1 Å². The quantitative estimate of drug-likeness (QED) is 0.421. The Hall–Kier alpha value is -3.41. The molecule has 0 spiro atoms. The number of nitrogens with one attached hydrogen (secondary N) is 1. The number of aryl methyl sites for hydroxylation is 2. The summed E-state index contributed by atoms with van der Waals surface area (Å²) in [5.41, 5.74) is 3.66. The molecule has 3 nitrogen and oxygen atoms in total. The summed E-state index contributed by atoms with van der Waals surface area (Å²) in [5.74, 6) is 0.653. The SMILES string of the molecule is Cc1cccc(NC(c2ccc(C(F)(F)F)cc2)c2ccc3cccnc3c2C)n1. The van der Waals surface area contributed by atoms with E-state index in [0.717, 1.165) is 39.9 Å². The average molecular weight is 407 g/mol. The summed E-state index contributed by atoms with van der Waals surface area (Å²) < 4.78 is 39.1. The molecular weight excluding hydrogens is 387 g/mol. The maximum absolute atomic E-state index is 13.0. The second kappa shape index (κ2) is 7.78. The molecule has 0 amide bonds. The van der Waals surface area contributed by atoms with Crippen LogP contribution in [-0.2, 0) is 6.18 Å². The van der Waals surface area contributed by atoms with Crippen molar-refractivity contribution < 1.29 is 13.2 Å². The van der Waals surface area contributed by atoms with Gasteiger partial charge in [0.15, 0.2) is 0 Å². The summed E-state index contributed by atoms with van der Waals surface area (Å²) in [6.45, 7) is 3.87. The molecule has 4 aromatic rings. The number of anilines is 1. The van der Waals surface area contributed by atoms with Gasteiger partial charge in [-0.2, -0.15) is 13.2 Å². The van der Waals surface area contributed by atoms with Gasteiger partial charge in [-0.25, -0.2) is 4.98 Å². The van der Waals surface area contributed by atoms with E-state index in [-0.39, 0.29) is 6.04 Å². The Balaban J connectivity index is 1.82. The van der Waals surface area contributed by atoms with Gasteiger partial charge < -0.3 is 5.32 Å². The number of fused-ring (bicyclic) bond motifs is 1. The molecule has 0 aliphatic rings. The number of aromatic nitrogens is 2. The fourth-order valence-corrected chi connectivity index (χ4v) is 3.60. The standard InChI is InChI=1S/C24H20F3N3/c1-15-5-3-7-21(29-15)30-23(18-8-11-19(12-9-18)24(25,26)27)20-13-10-17-6-4-14-28-22(17)16(20)2/h3-14,23H,1-2H3,(H,29,30). The summed E-state index contributed by atoms with van der Waals surface area (Å²) >= 11 is 0. The van der Waals surface area contributed by atoms with Crippen LogP contribution in [0.3, 0.4) is 0 Å². The average Bonchev–Trinajstić information content (AvgIpc) is 2.72. The molecule has 1 atom stereocenters. The summed E-state index contributed by atoms with van der Waals surface area (Å²) in [4.78, 5) is 9.00. The largest absolute Gasteiger partial charge is 0.416 e. The highest BCUT2D eigenvalue weighted by molar-refractivity contribution is 5.83. The molecule has 0 saturated carbocycles. The first-order chi connectivity index (χ1) is 14.3. The Kier molecular flexibility index (Phi) is 5.16. The molecule has 6 heteroatoms. The van der Waals surface area contributed by atoms with Crippen LogP contribution >= 0.6 is 0 Å². The van der Waals surface area contributed by atoms with E-state index in [1.165, 1.54) is 12.1 Å². The van der Waals surface area contributed by atoms with Crippen molar-refractivity contribution in [3.63, 3.8) is 0 Å². The molecule has 4 rings (SSSR count). The fourth-order valence-electron chi connectivity index (χ4n) is 3.60. The summed E-state index contributed by atoms with van der Waals surface area (Å²) in [5, 5.41) is 4.41. The third kappa shape index (κ3) is 3.99. The van der Waals surface area contributed by atoms with Gasteiger partial charge >= 0.3 is 6.18 Å². The van der Waals surface area contributed by atoms with Gasteiger partial charge in [0.2, 0.25) is 0 Å². The predicted octanol–water partition coefficient (Wildman–Crippen LogP) is 6.47. The van der Waals surface area contributed by atoms with Crippen LogP contribution < -0.4 is 5.32 Å². The number of rotatable bonds is 4. The molecular formula is C24H20F3N3. The minimum absolute atomic E-state index is 0.381. The van der Waals surface area contributed by atoms with E-state index in [1.807, 2.05) is 56.3 Å². The fraction of sp³-hybridized carbons (Fsp3) is 0.167. The van der Waals surface area contributed by atoms with Gasteiger partial charge in [-0.1, -0.05) is 36.4 Å². The van der Waals surface area contributed by atoms with Crippen LogP contribution in [0, 0.1) is 13.8 Å². The molecule has 30 heavy (non-hydrogen) atoms. The maximum Gasteiger partial charge on any atom is 0.416 e. The number of alkyl halides is 3. The van der Waals surface area contributed by atoms with Crippen LogP contribution in [0.5, 0.6) is 0 Å². The first-order valence-corrected chi connectivity index (χ1v) is 9.54. The molecule has 0 saturated heterocycles. The predicted molar refractivity (Wildman–Crippen MR) is 112 cm³/mol. The van der Waals surface area contributed by atoms with Crippen LogP contribution in [0.25, 0.3) is 10.9 Å². The van der Waals surface area contributed by atoms with Crippen molar-refractivity contribution in [2.75, 3.05) is 5.32 Å². The van der Waals surface area contributed by atoms with E-state index >= 15 is 0 Å². The third-order valence-corrected chi connectivity index (χ3v) is 5.13. The zero-order chi connectivity index (χ0) is 21.3. The first kappa shape index (κ1) is 19.9. The van der Waals surface area contributed by atoms with Gasteiger partial charge in [-0.3, -0.25) is 4.98 Å². The Morgan fingerprint density at radius 3 is 2.33 bits per heavy atom. The van der Waals surface area contributed by atoms with E-state index in [9.17, 15) is 13.2 Å². The van der Waals surface area contributed by atoms with Gasteiger partial charge in [0.1, 0.15) is 5.82 Å². The highest BCUT2D eigenvalue weighted by Gasteiger charge is 2.30. The van der Waals surface area contributed by atoms with Crippen LogP contribution in [0.15, 0.2) is 72.9 Å². The molecule has 0 aliphatic heterocycles. The monoisotopic (exact) mass is 407 g/mol. The highest BCUT2D eigenvalue weighted by Crippen LogP contribution is 2.34. The molecule has 1 unspecified atom stereocenters. The third-order valence-electron chi connectivity index (χ3n) is 5.13. The van der Waals surface area contributed by atoms with Gasteiger partial charge in [0, 0.05) is 17.3 Å². The van der Waals surface area contributed by atoms with Crippen LogP contribution in [-0.4, -0.2) is 9.97 Å². The molecule has 0 fully saturated rings. The molecule has 2 aromatic carbocycles. The van der Waals surface area contributed by atoms with Crippen LogP contribution in [0.4, 0.5) is 19.0 Å². The summed E-state index contributed by atoms with van der Waals surface area (Å²) in [6.07, 6.45) is -2.63. The van der Waals surface area contributed by atoms with Gasteiger partial charge in [-0.05, 0) is 60.9 Å². The number of hydrogen-bond acceptors (Lipinski definition) is 3. The summed E-state index contributed by atoms with van der Waals surface area (Å²) in [6, 6.07) is 18.3. The normalized spacial score (nSPS) is 12.7. The topological polar surface area (TPSA) is 37.8 Å². The molecule has 1 N–H and O–H groups in total. The van der Waals surface area contributed by atoms with Crippen LogP contribution in [0.1, 0.15) is 34.0 Å². The minimum atomic E-state index is -4.37. The maximum atomic E-state index is 13.0. The second-order valence-electron chi connectivity index (χ2n) is 7.22. The van der Waals surface area contributed by atoms with Crippen LogP contribution in [0.2, 0.25) is 0 Å². The lowest BCUT2D eigenvalue weighted by Gasteiger charge is -2.23. The Morgan fingerprint density at radius 2 is 1.63 bits per heavy atom. The van der Waals surface area contributed by atoms with E-state index < -0.39 is 11.7 Å². The lowest BCUT2D eigenvalue weighted by Crippen LogP contribution is -2.15. The Morgan fingerprint density at radius 1 is 0.867 bits per heavy atom. The molecule has 0 aliphatic carbocycles. The Bertz CT molecular complexity index is 1180. The number of nitrogens with zero attached hydrogens (tertiary/aromatic N) is 2.